The molecule has 2 atom stereocenters. The maximum atomic E-state index is 11.1. The number of hydrogen-bond donors (Lipinski definition) is 2. The van der Waals surface area contributed by atoms with Crippen LogP contribution in [0.25, 0.3) is 0 Å². The van der Waals surface area contributed by atoms with Gasteiger partial charge in [0.2, 0.25) is 6.29 Å². The third kappa shape index (κ3) is 6.97. The molecule has 0 saturated carbocycles. The van der Waals surface area contributed by atoms with Crippen LogP contribution >= 0.6 is 0 Å². The summed E-state index contributed by atoms with van der Waals surface area (Å²) in [7, 11) is 0. The van der Waals surface area contributed by atoms with Gasteiger partial charge in [-0.05, 0) is 83.1 Å². The first-order valence-corrected chi connectivity index (χ1v) is 10.9. The Labute approximate surface area is 176 Å². The van der Waals surface area contributed by atoms with Crippen molar-refractivity contribution in [1.82, 2.24) is 0 Å². The average Bonchev–Trinajstić information content (AvgIpc) is 2.95. The Bertz CT molecular complexity index is 721. The van der Waals surface area contributed by atoms with Crippen molar-refractivity contribution in [2.75, 3.05) is 0 Å². The van der Waals surface area contributed by atoms with Gasteiger partial charge in [0.05, 0.1) is 6.10 Å². The van der Waals surface area contributed by atoms with Crippen molar-refractivity contribution in [2.45, 2.75) is 98.4 Å². The van der Waals surface area contributed by atoms with E-state index in [1.165, 1.54) is 28.4 Å². The van der Waals surface area contributed by atoms with Crippen LogP contribution in [-0.4, -0.2) is 28.6 Å². The highest BCUT2D eigenvalue weighted by Crippen LogP contribution is 2.42. The standard InChI is InChI=1S/C25H38O4/c1-17(10-7-11-20-16-23(27)29-24(20)28)8-6-9-18(2)12-13-21-19(3)22(26)14-15-25(21,4)5/h9-10,16,22,24,26,28H,6-8,11-15H2,1-5H3. The zero-order chi connectivity index (χ0) is 21.6. The molecule has 0 radical (unpaired) electrons. The van der Waals surface area contributed by atoms with Gasteiger partial charge in [0.1, 0.15) is 0 Å². The van der Waals surface area contributed by atoms with Crippen LogP contribution < -0.4 is 0 Å². The van der Waals surface area contributed by atoms with Crippen LogP contribution in [0.1, 0.15) is 86.0 Å². The van der Waals surface area contributed by atoms with Gasteiger partial charge in [-0.15, -0.1) is 0 Å². The Kier molecular flexibility index (Phi) is 8.47. The van der Waals surface area contributed by atoms with Gasteiger partial charge in [-0.25, -0.2) is 4.79 Å². The molecule has 4 heteroatoms. The number of ether oxygens (including phenoxy) is 1. The molecule has 1 heterocycles. The van der Waals surface area contributed by atoms with Crippen LogP contribution in [-0.2, 0) is 9.53 Å². The molecule has 0 aromatic rings. The van der Waals surface area contributed by atoms with Crippen molar-refractivity contribution in [3.05, 3.63) is 46.1 Å². The topological polar surface area (TPSA) is 66.8 Å². The molecule has 29 heavy (non-hydrogen) atoms. The summed E-state index contributed by atoms with van der Waals surface area (Å²) < 4.78 is 4.69. The van der Waals surface area contributed by atoms with E-state index in [4.69, 9.17) is 4.74 Å². The Morgan fingerprint density at radius 1 is 1.14 bits per heavy atom. The van der Waals surface area contributed by atoms with E-state index in [0.717, 1.165) is 44.9 Å². The Hall–Kier alpha value is -1.65. The van der Waals surface area contributed by atoms with Crippen LogP contribution in [0.5, 0.6) is 0 Å². The molecule has 2 rings (SSSR count). The quantitative estimate of drug-likeness (QED) is 0.394. The molecule has 2 N–H and O–H groups in total. The van der Waals surface area contributed by atoms with E-state index < -0.39 is 12.3 Å². The fourth-order valence-corrected chi connectivity index (χ4v) is 4.33. The van der Waals surface area contributed by atoms with Crippen molar-refractivity contribution in [2.24, 2.45) is 5.41 Å². The molecule has 2 aliphatic rings. The highest BCUT2D eigenvalue weighted by molar-refractivity contribution is 5.85. The SMILES string of the molecule is CC(=CCCC1=CC(=O)OC1O)CCC=C(C)CCC1=C(C)C(O)CCC1(C)C. The number of aliphatic hydroxyl groups excluding tert-OH is 2. The summed E-state index contributed by atoms with van der Waals surface area (Å²) in [5.74, 6) is -0.453. The molecule has 0 aromatic heterocycles. The molecule has 0 amide bonds. The maximum absolute atomic E-state index is 11.1. The lowest BCUT2D eigenvalue weighted by molar-refractivity contribution is -0.151. The fourth-order valence-electron chi connectivity index (χ4n) is 4.33. The predicted octanol–water partition coefficient (Wildman–Crippen LogP) is 5.52. The molecular formula is C25H38O4. The van der Waals surface area contributed by atoms with Crippen LogP contribution in [0.3, 0.4) is 0 Å². The Balaban J connectivity index is 1.76. The second-order valence-electron chi connectivity index (χ2n) is 9.29. The molecule has 0 aromatic carbocycles. The molecule has 2 unspecified atom stereocenters. The Morgan fingerprint density at radius 3 is 2.45 bits per heavy atom. The minimum absolute atomic E-state index is 0.195. The number of aliphatic hydroxyl groups is 2. The van der Waals surface area contributed by atoms with Gasteiger partial charge in [-0.3, -0.25) is 0 Å². The molecule has 0 saturated heterocycles. The number of hydrogen-bond acceptors (Lipinski definition) is 4. The van der Waals surface area contributed by atoms with Crippen LogP contribution in [0.15, 0.2) is 46.1 Å². The zero-order valence-electron chi connectivity index (χ0n) is 18.8. The minimum Gasteiger partial charge on any atom is -0.429 e. The summed E-state index contributed by atoms with van der Waals surface area (Å²) in [6, 6.07) is 0. The monoisotopic (exact) mass is 402 g/mol. The second kappa shape index (κ2) is 10.4. The van der Waals surface area contributed by atoms with Gasteiger partial charge in [-0.2, -0.15) is 0 Å². The lowest BCUT2D eigenvalue weighted by Gasteiger charge is -2.37. The van der Waals surface area contributed by atoms with Crippen molar-refractivity contribution >= 4 is 5.97 Å². The van der Waals surface area contributed by atoms with Gasteiger partial charge in [0.25, 0.3) is 0 Å². The summed E-state index contributed by atoms with van der Waals surface area (Å²) >= 11 is 0. The smallest absolute Gasteiger partial charge is 0.333 e. The average molecular weight is 403 g/mol. The minimum atomic E-state index is -1.06. The van der Waals surface area contributed by atoms with Gasteiger partial charge < -0.3 is 14.9 Å². The summed E-state index contributed by atoms with van der Waals surface area (Å²) in [6.45, 7) is 11.0. The summed E-state index contributed by atoms with van der Waals surface area (Å²) in [6.07, 6.45) is 12.1. The molecule has 0 bridgehead atoms. The number of carbonyl (C=O) groups is 1. The zero-order valence-corrected chi connectivity index (χ0v) is 18.8. The van der Waals surface area contributed by atoms with E-state index in [-0.39, 0.29) is 11.5 Å². The number of cyclic esters (lactones) is 1. The lowest BCUT2D eigenvalue weighted by Crippen LogP contribution is -2.28. The molecule has 0 spiro atoms. The molecule has 162 valence electrons. The number of carbonyl (C=O) groups excluding carboxylic acids is 1. The molecule has 1 aliphatic carbocycles. The van der Waals surface area contributed by atoms with E-state index in [0.29, 0.717) is 12.0 Å². The number of allylic oxidation sites excluding steroid dienone is 5. The molecular weight excluding hydrogens is 364 g/mol. The molecule has 0 fully saturated rings. The molecule has 4 nitrogen and oxygen atoms in total. The largest absolute Gasteiger partial charge is 0.429 e. The second-order valence-corrected chi connectivity index (χ2v) is 9.29. The third-order valence-corrected chi connectivity index (χ3v) is 6.41. The van der Waals surface area contributed by atoms with Gasteiger partial charge in [0.15, 0.2) is 0 Å². The van der Waals surface area contributed by atoms with E-state index in [1.807, 2.05) is 0 Å². The van der Waals surface area contributed by atoms with Crippen molar-refractivity contribution < 1.29 is 19.7 Å². The number of rotatable bonds is 9. The third-order valence-electron chi connectivity index (χ3n) is 6.41. The van der Waals surface area contributed by atoms with Gasteiger partial charge in [0, 0.05) is 11.6 Å². The van der Waals surface area contributed by atoms with Crippen molar-refractivity contribution in [1.29, 1.82) is 0 Å². The van der Waals surface area contributed by atoms with E-state index in [2.05, 4.69) is 46.8 Å². The van der Waals surface area contributed by atoms with Crippen molar-refractivity contribution in [3.63, 3.8) is 0 Å². The first kappa shape index (κ1) is 23.6. The summed E-state index contributed by atoms with van der Waals surface area (Å²) in [4.78, 5) is 11.1. The maximum Gasteiger partial charge on any atom is 0.333 e. The highest BCUT2D eigenvalue weighted by Gasteiger charge is 2.31. The van der Waals surface area contributed by atoms with E-state index >= 15 is 0 Å². The van der Waals surface area contributed by atoms with Crippen LogP contribution in [0.2, 0.25) is 0 Å². The predicted molar refractivity (Wildman–Crippen MR) is 117 cm³/mol. The highest BCUT2D eigenvalue weighted by atomic mass is 16.6. The summed E-state index contributed by atoms with van der Waals surface area (Å²) in [5.41, 5.74) is 6.21. The lowest BCUT2D eigenvalue weighted by atomic mass is 9.70. The molecule has 1 aliphatic heterocycles. The van der Waals surface area contributed by atoms with Crippen molar-refractivity contribution in [3.8, 4) is 0 Å². The van der Waals surface area contributed by atoms with Crippen LogP contribution in [0, 0.1) is 5.41 Å². The van der Waals surface area contributed by atoms with E-state index in [9.17, 15) is 15.0 Å². The first-order chi connectivity index (χ1) is 13.6. The normalized spacial score (nSPS) is 25.3. The Morgan fingerprint density at radius 2 is 1.79 bits per heavy atom. The fraction of sp³-hybridized carbons (Fsp3) is 0.640. The van der Waals surface area contributed by atoms with Crippen LogP contribution in [0.4, 0.5) is 0 Å². The summed E-state index contributed by atoms with van der Waals surface area (Å²) in [5, 5.41) is 19.8. The van der Waals surface area contributed by atoms with Gasteiger partial charge >= 0.3 is 5.97 Å². The first-order valence-electron chi connectivity index (χ1n) is 10.9. The van der Waals surface area contributed by atoms with Gasteiger partial charge in [-0.1, -0.05) is 42.7 Å². The van der Waals surface area contributed by atoms with E-state index in [1.54, 1.807) is 0 Å². The number of esters is 1.